The van der Waals surface area contributed by atoms with Gasteiger partial charge in [0.15, 0.2) is 11.7 Å². The lowest BCUT2D eigenvalue weighted by molar-refractivity contribution is -0.123. The van der Waals surface area contributed by atoms with Gasteiger partial charge in [-0.2, -0.15) is 0 Å². The predicted molar refractivity (Wildman–Crippen MR) is 102 cm³/mol. The van der Waals surface area contributed by atoms with Crippen molar-refractivity contribution in [1.82, 2.24) is 16.2 Å². The fourth-order valence-corrected chi connectivity index (χ4v) is 2.64. The van der Waals surface area contributed by atoms with E-state index in [1.54, 1.807) is 48.5 Å². The highest BCUT2D eigenvalue weighted by atomic mass is 79.9. The predicted octanol–water partition coefficient (Wildman–Crippen LogP) is 2.82. The Morgan fingerprint density at radius 1 is 1.12 bits per heavy atom. The normalized spacial score (nSPS) is 9.84. The van der Waals surface area contributed by atoms with Crippen LogP contribution in [0.4, 0.5) is 0 Å². The van der Waals surface area contributed by atoms with E-state index >= 15 is 0 Å². The van der Waals surface area contributed by atoms with Gasteiger partial charge in [0.2, 0.25) is 0 Å². The van der Waals surface area contributed by atoms with E-state index in [1.807, 2.05) is 0 Å². The van der Waals surface area contributed by atoms with Gasteiger partial charge in [-0.05, 0) is 58.5 Å². The Hall–Kier alpha value is -2.16. The lowest BCUT2D eigenvalue weighted by Crippen LogP contribution is -2.49. The average Bonchev–Trinajstić information content (AvgIpc) is 2.60. The first kappa shape index (κ1) is 19.2. The summed E-state index contributed by atoms with van der Waals surface area (Å²) in [7, 11) is 0. The molecule has 0 aromatic heterocycles. The molecule has 0 bridgehead atoms. The Labute approximate surface area is 163 Å². The number of amides is 2. The summed E-state index contributed by atoms with van der Waals surface area (Å²) in [4.78, 5) is 23.6. The number of thiocarbonyl (C=S) groups is 1. The van der Waals surface area contributed by atoms with E-state index in [0.717, 1.165) is 0 Å². The number of halogens is 2. The molecule has 2 rings (SSSR count). The fraction of sp³-hybridized carbons (Fsp3) is 0.0625. The standard InChI is InChI=1S/C16H13BrClN3O3S/c17-12-8-11(18)6-7-13(12)24-9-14(22)20-21-16(25)19-15(23)10-4-2-1-3-5-10/h1-8H,9H2,(H,20,22)(H2,19,21,23,25). The fourth-order valence-electron chi connectivity index (χ4n) is 1.69. The van der Waals surface area contributed by atoms with Gasteiger partial charge in [0, 0.05) is 10.6 Å². The molecule has 0 aliphatic carbocycles. The maximum Gasteiger partial charge on any atom is 0.276 e. The molecule has 0 aliphatic heterocycles. The van der Waals surface area contributed by atoms with Crippen LogP contribution < -0.4 is 20.9 Å². The maximum atomic E-state index is 11.9. The highest BCUT2D eigenvalue weighted by molar-refractivity contribution is 9.10. The first-order valence-electron chi connectivity index (χ1n) is 6.99. The number of carbonyl (C=O) groups is 2. The summed E-state index contributed by atoms with van der Waals surface area (Å²) in [5.41, 5.74) is 5.21. The van der Waals surface area contributed by atoms with Crippen LogP contribution in [0.2, 0.25) is 5.02 Å². The first-order chi connectivity index (χ1) is 12.0. The van der Waals surface area contributed by atoms with Crippen LogP contribution in [0.25, 0.3) is 0 Å². The Morgan fingerprint density at radius 3 is 2.52 bits per heavy atom. The summed E-state index contributed by atoms with van der Waals surface area (Å²) in [5, 5.41) is 2.96. The Balaban J connectivity index is 1.74. The summed E-state index contributed by atoms with van der Waals surface area (Å²) >= 11 is 14.1. The van der Waals surface area contributed by atoms with Crippen LogP contribution in [0.15, 0.2) is 53.0 Å². The number of hydrogen-bond acceptors (Lipinski definition) is 4. The van der Waals surface area contributed by atoms with E-state index in [-0.39, 0.29) is 17.6 Å². The van der Waals surface area contributed by atoms with Crippen molar-refractivity contribution in [2.45, 2.75) is 0 Å². The quantitative estimate of drug-likeness (QED) is 0.501. The number of hydrogen-bond donors (Lipinski definition) is 3. The van der Waals surface area contributed by atoms with Crippen molar-refractivity contribution in [3.63, 3.8) is 0 Å². The van der Waals surface area contributed by atoms with E-state index < -0.39 is 5.91 Å². The largest absolute Gasteiger partial charge is 0.483 e. The minimum atomic E-state index is -0.474. The third-order valence-corrected chi connectivity index (χ3v) is 3.89. The second-order valence-corrected chi connectivity index (χ2v) is 6.38. The van der Waals surface area contributed by atoms with Crippen molar-refractivity contribution in [2.24, 2.45) is 0 Å². The topological polar surface area (TPSA) is 79.5 Å². The molecule has 130 valence electrons. The molecular formula is C16H13BrClN3O3S. The number of benzene rings is 2. The van der Waals surface area contributed by atoms with E-state index in [2.05, 4.69) is 32.1 Å². The minimum Gasteiger partial charge on any atom is -0.483 e. The number of carbonyl (C=O) groups excluding carboxylic acids is 2. The van der Waals surface area contributed by atoms with Crippen LogP contribution in [0, 0.1) is 0 Å². The Bertz CT molecular complexity index is 789. The zero-order chi connectivity index (χ0) is 18.2. The maximum absolute atomic E-state index is 11.9. The van der Waals surface area contributed by atoms with Crippen LogP contribution in [0.3, 0.4) is 0 Å². The van der Waals surface area contributed by atoms with Gasteiger partial charge in [0.1, 0.15) is 5.75 Å². The number of rotatable bonds is 4. The molecule has 0 heterocycles. The summed E-state index contributed by atoms with van der Waals surface area (Å²) in [6.45, 7) is -0.248. The molecule has 0 atom stereocenters. The van der Waals surface area contributed by atoms with Gasteiger partial charge in [-0.25, -0.2) is 0 Å². The van der Waals surface area contributed by atoms with Gasteiger partial charge in [-0.3, -0.25) is 25.8 Å². The van der Waals surface area contributed by atoms with E-state index in [0.29, 0.717) is 20.8 Å². The van der Waals surface area contributed by atoms with Crippen molar-refractivity contribution in [1.29, 1.82) is 0 Å². The van der Waals surface area contributed by atoms with Crippen LogP contribution in [0.5, 0.6) is 5.75 Å². The second-order valence-electron chi connectivity index (χ2n) is 4.69. The number of nitrogens with one attached hydrogen (secondary N) is 3. The monoisotopic (exact) mass is 441 g/mol. The molecule has 2 aromatic rings. The van der Waals surface area contributed by atoms with Gasteiger partial charge < -0.3 is 4.74 Å². The van der Waals surface area contributed by atoms with Crippen LogP contribution in [-0.2, 0) is 4.79 Å². The van der Waals surface area contributed by atoms with Crippen molar-refractivity contribution in [3.8, 4) is 5.75 Å². The van der Waals surface area contributed by atoms with E-state index in [9.17, 15) is 9.59 Å². The molecule has 0 fully saturated rings. The van der Waals surface area contributed by atoms with Crippen LogP contribution >= 0.6 is 39.7 Å². The molecule has 25 heavy (non-hydrogen) atoms. The minimum absolute atomic E-state index is 0.0325. The summed E-state index contributed by atoms with van der Waals surface area (Å²) in [6.07, 6.45) is 0. The van der Waals surface area contributed by atoms with Crippen molar-refractivity contribution >= 4 is 56.7 Å². The van der Waals surface area contributed by atoms with Crippen molar-refractivity contribution in [2.75, 3.05) is 6.61 Å². The highest BCUT2D eigenvalue weighted by Gasteiger charge is 2.09. The van der Waals surface area contributed by atoms with E-state index in [1.165, 1.54) is 0 Å². The van der Waals surface area contributed by atoms with Crippen LogP contribution in [-0.4, -0.2) is 23.5 Å². The second kappa shape index (κ2) is 9.36. The molecule has 2 aromatic carbocycles. The number of hydrazine groups is 1. The zero-order valence-corrected chi connectivity index (χ0v) is 15.9. The molecule has 3 N–H and O–H groups in total. The van der Waals surface area contributed by atoms with Gasteiger partial charge in [-0.1, -0.05) is 29.8 Å². The lowest BCUT2D eigenvalue weighted by atomic mass is 10.2. The summed E-state index contributed by atoms with van der Waals surface area (Å²) in [5.74, 6) is -0.383. The van der Waals surface area contributed by atoms with Crippen molar-refractivity contribution in [3.05, 3.63) is 63.6 Å². The molecule has 6 nitrogen and oxygen atoms in total. The molecule has 0 unspecified atom stereocenters. The van der Waals surface area contributed by atoms with Crippen molar-refractivity contribution < 1.29 is 14.3 Å². The highest BCUT2D eigenvalue weighted by Crippen LogP contribution is 2.27. The van der Waals surface area contributed by atoms with Gasteiger partial charge in [0.05, 0.1) is 4.47 Å². The number of ether oxygens (including phenoxy) is 1. The molecule has 0 saturated carbocycles. The molecule has 0 radical (unpaired) electrons. The average molecular weight is 443 g/mol. The third kappa shape index (κ3) is 6.33. The molecule has 2 amide bonds. The summed E-state index contributed by atoms with van der Waals surface area (Å²) < 4.78 is 5.98. The lowest BCUT2D eigenvalue weighted by Gasteiger charge is -2.12. The third-order valence-electron chi connectivity index (χ3n) is 2.83. The van der Waals surface area contributed by atoms with Gasteiger partial charge >= 0.3 is 0 Å². The summed E-state index contributed by atoms with van der Waals surface area (Å²) in [6, 6.07) is 13.5. The molecular weight excluding hydrogens is 430 g/mol. The molecule has 0 saturated heterocycles. The Kier molecular flexibility index (Phi) is 7.17. The SMILES string of the molecule is O=C(COc1ccc(Cl)cc1Br)NNC(=S)NC(=O)c1ccccc1. The molecule has 0 aliphatic rings. The van der Waals surface area contributed by atoms with E-state index in [4.69, 9.17) is 28.6 Å². The Morgan fingerprint density at radius 2 is 1.84 bits per heavy atom. The van der Waals surface area contributed by atoms with Crippen LogP contribution in [0.1, 0.15) is 10.4 Å². The smallest absolute Gasteiger partial charge is 0.276 e. The molecule has 0 spiro atoms. The first-order valence-corrected chi connectivity index (χ1v) is 8.56. The molecule has 9 heteroatoms. The van der Waals surface area contributed by atoms with Gasteiger partial charge in [0.25, 0.3) is 11.8 Å². The van der Waals surface area contributed by atoms with Gasteiger partial charge in [-0.15, -0.1) is 0 Å². The zero-order valence-electron chi connectivity index (χ0n) is 12.7.